The molecule has 6 nitrogen and oxygen atoms in total. The summed E-state index contributed by atoms with van der Waals surface area (Å²) in [4.78, 5) is 23.7. The summed E-state index contributed by atoms with van der Waals surface area (Å²) in [5.41, 5.74) is 0.0583. The minimum atomic E-state index is -0.447. The highest BCUT2D eigenvalue weighted by Crippen LogP contribution is 2.39. The maximum absolute atomic E-state index is 12.3. The smallest absolute Gasteiger partial charge is 0.307 e. The average molecular weight is 307 g/mol. The number of hydrogen-bond acceptors (Lipinski definition) is 5. The highest BCUT2D eigenvalue weighted by Gasteiger charge is 2.46. The Morgan fingerprint density at radius 3 is 2.64 bits per heavy atom. The molecular weight excluding hydrogens is 286 g/mol. The van der Waals surface area contributed by atoms with Gasteiger partial charge in [0.2, 0.25) is 0 Å². The summed E-state index contributed by atoms with van der Waals surface area (Å²) in [5.74, 6) is 0.0931. The zero-order valence-electron chi connectivity index (χ0n) is 12.9. The number of carbonyl (C=O) groups excluding carboxylic acids is 2. The third-order valence-electron chi connectivity index (χ3n) is 3.60. The molecule has 0 atom stereocenters. The van der Waals surface area contributed by atoms with Gasteiger partial charge in [-0.1, -0.05) is 6.07 Å². The quantitative estimate of drug-likeness (QED) is 0.582. The molecule has 0 aliphatic heterocycles. The molecule has 1 fully saturated rings. The van der Waals surface area contributed by atoms with Crippen molar-refractivity contribution in [2.24, 2.45) is 0 Å². The summed E-state index contributed by atoms with van der Waals surface area (Å²) in [6.45, 7) is 0.909. The Morgan fingerprint density at radius 2 is 2.00 bits per heavy atom. The van der Waals surface area contributed by atoms with Crippen LogP contribution in [0.25, 0.3) is 0 Å². The molecule has 1 aromatic rings. The van der Waals surface area contributed by atoms with Crippen molar-refractivity contribution in [1.82, 2.24) is 5.32 Å². The maximum atomic E-state index is 12.3. The molecule has 120 valence electrons. The Balaban J connectivity index is 1.95. The minimum absolute atomic E-state index is 0.208. The second-order valence-electron chi connectivity index (χ2n) is 5.36. The van der Waals surface area contributed by atoms with Gasteiger partial charge in [0, 0.05) is 12.7 Å². The summed E-state index contributed by atoms with van der Waals surface area (Å²) in [7, 11) is 2.95. The summed E-state index contributed by atoms with van der Waals surface area (Å²) in [6, 6.07) is 6.94. The lowest BCUT2D eigenvalue weighted by molar-refractivity contribution is -0.141. The Hall–Kier alpha value is -2.08. The van der Waals surface area contributed by atoms with Crippen LogP contribution in [0.2, 0.25) is 0 Å². The van der Waals surface area contributed by atoms with Gasteiger partial charge in [0.15, 0.2) is 0 Å². The van der Waals surface area contributed by atoms with E-state index in [9.17, 15) is 9.59 Å². The van der Waals surface area contributed by atoms with Crippen molar-refractivity contribution < 1.29 is 23.8 Å². The van der Waals surface area contributed by atoms with Gasteiger partial charge in [-0.05, 0) is 31.0 Å². The van der Waals surface area contributed by atoms with Crippen LogP contribution in [0, 0.1) is 0 Å². The fraction of sp³-hybridized carbons (Fsp3) is 0.500. The second-order valence-corrected chi connectivity index (χ2v) is 5.36. The monoisotopic (exact) mass is 307 g/mol. The summed E-state index contributed by atoms with van der Waals surface area (Å²) < 4.78 is 15.1. The van der Waals surface area contributed by atoms with Gasteiger partial charge in [-0.2, -0.15) is 0 Å². The van der Waals surface area contributed by atoms with Crippen LogP contribution in [-0.2, 0) is 14.3 Å². The van der Waals surface area contributed by atoms with E-state index in [1.165, 1.54) is 7.11 Å². The van der Waals surface area contributed by atoms with Crippen molar-refractivity contribution in [2.45, 2.75) is 24.8 Å². The zero-order chi connectivity index (χ0) is 16.0. The number of carbonyl (C=O) groups is 2. The molecule has 0 radical (unpaired) electrons. The van der Waals surface area contributed by atoms with Crippen LogP contribution < -0.4 is 10.1 Å². The number of amides is 1. The van der Waals surface area contributed by atoms with Gasteiger partial charge >= 0.3 is 5.97 Å². The Morgan fingerprint density at radius 1 is 1.23 bits per heavy atom. The Labute approximate surface area is 129 Å². The van der Waals surface area contributed by atoms with Crippen molar-refractivity contribution in [2.75, 3.05) is 27.4 Å². The fourth-order valence-electron chi connectivity index (χ4n) is 2.13. The van der Waals surface area contributed by atoms with Crippen molar-refractivity contribution in [3.63, 3.8) is 0 Å². The standard InChI is InChI=1S/C16H21NO5/c1-20-8-9-22-13-5-3-4-12(10-13)15(19)17-16(6-7-16)11-14(18)21-2/h3-5,10H,6-9,11H2,1-2H3,(H,17,19). The van der Waals surface area contributed by atoms with Crippen molar-refractivity contribution in [3.05, 3.63) is 29.8 Å². The summed E-state index contributed by atoms with van der Waals surface area (Å²) in [5, 5.41) is 2.92. The first-order valence-electron chi connectivity index (χ1n) is 7.20. The molecule has 1 amide bonds. The highest BCUT2D eigenvalue weighted by atomic mass is 16.5. The fourth-order valence-corrected chi connectivity index (χ4v) is 2.13. The first-order valence-corrected chi connectivity index (χ1v) is 7.20. The van der Waals surface area contributed by atoms with Gasteiger partial charge in [0.1, 0.15) is 12.4 Å². The number of benzene rings is 1. The van der Waals surface area contributed by atoms with Gasteiger partial charge in [-0.25, -0.2) is 0 Å². The lowest BCUT2D eigenvalue weighted by Gasteiger charge is -2.16. The molecule has 1 saturated carbocycles. The largest absolute Gasteiger partial charge is 0.491 e. The minimum Gasteiger partial charge on any atom is -0.491 e. The van der Waals surface area contributed by atoms with E-state index in [1.807, 2.05) is 0 Å². The molecule has 1 N–H and O–H groups in total. The number of hydrogen-bond donors (Lipinski definition) is 1. The highest BCUT2D eigenvalue weighted by molar-refractivity contribution is 5.95. The van der Waals surface area contributed by atoms with Crippen LogP contribution in [-0.4, -0.2) is 44.8 Å². The first-order chi connectivity index (χ1) is 10.6. The number of methoxy groups -OCH3 is 2. The van der Waals surface area contributed by atoms with Gasteiger partial charge in [0.25, 0.3) is 5.91 Å². The summed E-state index contributed by atoms with van der Waals surface area (Å²) >= 11 is 0. The summed E-state index contributed by atoms with van der Waals surface area (Å²) in [6.07, 6.45) is 1.79. The Kier molecular flexibility index (Phi) is 5.38. The van der Waals surface area contributed by atoms with E-state index in [4.69, 9.17) is 9.47 Å². The van der Waals surface area contributed by atoms with Crippen LogP contribution >= 0.6 is 0 Å². The van der Waals surface area contributed by atoms with E-state index < -0.39 is 5.54 Å². The molecule has 1 aromatic carbocycles. The van der Waals surface area contributed by atoms with E-state index in [0.717, 1.165) is 12.8 Å². The van der Waals surface area contributed by atoms with E-state index in [1.54, 1.807) is 31.4 Å². The number of esters is 1. The zero-order valence-corrected chi connectivity index (χ0v) is 12.9. The van der Waals surface area contributed by atoms with Crippen LogP contribution in [0.15, 0.2) is 24.3 Å². The van der Waals surface area contributed by atoms with E-state index in [-0.39, 0.29) is 18.3 Å². The predicted molar refractivity (Wildman–Crippen MR) is 79.9 cm³/mol. The number of ether oxygens (including phenoxy) is 3. The molecule has 0 spiro atoms. The third kappa shape index (κ3) is 4.46. The van der Waals surface area contributed by atoms with Gasteiger partial charge in [0.05, 0.1) is 25.7 Å². The van der Waals surface area contributed by atoms with Crippen LogP contribution in [0.5, 0.6) is 5.75 Å². The molecular formula is C16H21NO5. The molecule has 6 heteroatoms. The molecule has 0 saturated heterocycles. The Bertz CT molecular complexity index is 539. The molecule has 2 rings (SSSR count). The SMILES string of the molecule is COCCOc1cccc(C(=O)NC2(CC(=O)OC)CC2)c1. The molecule has 1 aliphatic carbocycles. The van der Waals surface area contributed by atoms with E-state index >= 15 is 0 Å². The van der Waals surface area contributed by atoms with Crippen LogP contribution in [0.1, 0.15) is 29.6 Å². The van der Waals surface area contributed by atoms with Gasteiger partial charge in [-0.3, -0.25) is 9.59 Å². The maximum Gasteiger partial charge on any atom is 0.307 e. The topological polar surface area (TPSA) is 73.9 Å². The lowest BCUT2D eigenvalue weighted by atomic mass is 10.1. The first kappa shape index (κ1) is 16.3. The molecule has 1 aliphatic rings. The molecule has 0 unspecified atom stereocenters. The molecule has 22 heavy (non-hydrogen) atoms. The predicted octanol–water partition coefficient (Wildman–Crippen LogP) is 1.54. The van der Waals surface area contributed by atoms with E-state index in [2.05, 4.69) is 10.1 Å². The van der Waals surface area contributed by atoms with Gasteiger partial charge in [-0.15, -0.1) is 0 Å². The van der Waals surface area contributed by atoms with Crippen LogP contribution in [0.4, 0.5) is 0 Å². The van der Waals surface area contributed by atoms with E-state index in [0.29, 0.717) is 24.5 Å². The van der Waals surface area contributed by atoms with Crippen molar-refractivity contribution >= 4 is 11.9 Å². The second kappa shape index (κ2) is 7.26. The molecule has 0 aromatic heterocycles. The number of nitrogens with one attached hydrogen (secondary N) is 1. The third-order valence-corrected chi connectivity index (χ3v) is 3.60. The molecule has 0 heterocycles. The average Bonchev–Trinajstić information content (AvgIpc) is 3.26. The number of rotatable bonds is 8. The normalized spacial score (nSPS) is 15.0. The molecule has 0 bridgehead atoms. The van der Waals surface area contributed by atoms with Gasteiger partial charge < -0.3 is 19.5 Å². The van der Waals surface area contributed by atoms with Crippen molar-refractivity contribution in [3.8, 4) is 5.75 Å². The van der Waals surface area contributed by atoms with Crippen molar-refractivity contribution in [1.29, 1.82) is 0 Å². The lowest BCUT2D eigenvalue weighted by Crippen LogP contribution is -2.38. The van der Waals surface area contributed by atoms with Crippen LogP contribution in [0.3, 0.4) is 0 Å².